The van der Waals surface area contributed by atoms with E-state index in [1.807, 2.05) is 48.5 Å². The van der Waals surface area contributed by atoms with Gasteiger partial charge in [0.15, 0.2) is 0 Å². The van der Waals surface area contributed by atoms with Crippen molar-refractivity contribution < 1.29 is 9.59 Å². The summed E-state index contributed by atoms with van der Waals surface area (Å²) < 4.78 is 0. The molecule has 184 valence electrons. The zero-order chi connectivity index (χ0) is 25.5. The molecule has 4 nitrogen and oxygen atoms in total. The Morgan fingerprint density at radius 3 is 2.33 bits per heavy atom. The number of rotatable bonds is 9. The Kier molecular flexibility index (Phi) is 8.63. The second-order valence-electron chi connectivity index (χ2n) is 8.72. The molecular formula is C30H28Cl2N2O2. The van der Waals surface area contributed by atoms with Crippen LogP contribution in [0.1, 0.15) is 23.1 Å². The van der Waals surface area contributed by atoms with Crippen molar-refractivity contribution in [2.75, 3.05) is 7.05 Å². The number of nitrogens with one attached hydrogen (secondary N) is 1. The maximum atomic E-state index is 13.8. The summed E-state index contributed by atoms with van der Waals surface area (Å²) in [5, 5.41) is 5.99. The van der Waals surface area contributed by atoms with Gasteiger partial charge in [0.2, 0.25) is 11.8 Å². The Morgan fingerprint density at radius 2 is 1.58 bits per heavy atom. The first-order valence-corrected chi connectivity index (χ1v) is 12.7. The van der Waals surface area contributed by atoms with Gasteiger partial charge in [-0.1, -0.05) is 102 Å². The van der Waals surface area contributed by atoms with Crippen LogP contribution in [0.15, 0.2) is 91.0 Å². The van der Waals surface area contributed by atoms with Crippen LogP contribution >= 0.6 is 23.2 Å². The Bertz CT molecular complexity index is 1350. The quantitative estimate of drug-likeness (QED) is 0.276. The van der Waals surface area contributed by atoms with Gasteiger partial charge in [-0.3, -0.25) is 9.59 Å². The summed E-state index contributed by atoms with van der Waals surface area (Å²) in [6, 6.07) is 28.5. The highest BCUT2D eigenvalue weighted by Crippen LogP contribution is 2.25. The SMILES string of the molecule is CNC(=O)[C@H](Cc1ccccc1)N(Cc1ccc(Cl)cc1Cl)C(=O)CCc1cccc2ccccc12. The third kappa shape index (κ3) is 6.26. The lowest BCUT2D eigenvalue weighted by atomic mass is 9.99. The number of likely N-dealkylation sites (N-methyl/N-ethyl adjacent to an activating group) is 1. The fourth-order valence-corrected chi connectivity index (χ4v) is 4.92. The maximum Gasteiger partial charge on any atom is 0.242 e. The van der Waals surface area contributed by atoms with E-state index >= 15 is 0 Å². The van der Waals surface area contributed by atoms with Gasteiger partial charge >= 0.3 is 0 Å². The number of nitrogens with zero attached hydrogens (tertiary/aromatic N) is 1. The smallest absolute Gasteiger partial charge is 0.242 e. The molecule has 0 saturated heterocycles. The van der Waals surface area contributed by atoms with Gasteiger partial charge in [-0.15, -0.1) is 0 Å². The molecule has 4 rings (SSSR count). The van der Waals surface area contributed by atoms with Crippen molar-refractivity contribution in [1.29, 1.82) is 0 Å². The molecule has 0 aliphatic heterocycles. The van der Waals surface area contributed by atoms with Crippen LogP contribution in [0.2, 0.25) is 10.0 Å². The second kappa shape index (κ2) is 12.1. The van der Waals surface area contributed by atoms with Gasteiger partial charge in [-0.05, 0) is 46.0 Å². The first-order chi connectivity index (χ1) is 17.5. The van der Waals surface area contributed by atoms with Crippen LogP contribution in [0.5, 0.6) is 0 Å². The predicted molar refractivity (Wildman–Crippen MR) is 147 cm³/mol. The van der Waals surface area contributed by atoms with Crippen LogP contribution in [-0.2, 0) is 29.0 Å². The van der Waals surface area contributed by atoms with Gasteiger partial charge in [0.25, 0.3) is 0 Å². The molecule has 0 spiro atoms. The third-order valence-corrected chi connectivity index (χ3v) is 6.95. The number of halogens is 2. The number of carbonyl (C=O) groups is 2. The summed E-state index contributed by atoms with van der Waals surface area (Å²) in [6.07, 6.45) is 1.23. The molecule has 0 saturated carbocycles. The number of amides is 2. The number of fused-ring (bicyclic) bond motifs is 1. The molecule has 0 aliphatic carbocycles. The van der Waals surface area contributed by atoms with Crippen molar-refractivity contribution in [2.45, 2.75) is 31.8 Å². The molecule has 0 unspecified atom stereocenters. The van der Waals surface area contributed by atoms with Crippen LogP contribution in [0.3, 0.4) is 0 Å². The molecule has 36 heavy (non-hydrogen) atoms. The predicted octanol–water partition coefficient (Wildman–Crippen LogP) is 6.47. The van der Waals surface area contributed by atoms with E-state index in [2.05, 4.69) is 29.6 Å². The minimum Gasteiger partial charge on any atom is -0.357 e. The zero-order valence-electron chi connectivity index (χ0n) is 20.1. The highest BCUT2D eigenvalue weighted by atomic mass is 35.5. The number of carbonyl (C=O) groups excluding carboxylic acids is 2. The van der Waals surface area contributed by atoms with Crippen molar-refractivity contribution in [3.63, 3.8) is 0 Å². The molecule has 1 atom stereocenters. The van der Waals surface area contributed by atoms with E-state index in [1.54, 1.807) is 30.1 Å². The van der Waals surface area contributed by atoms with Crippen molar-refractivity contribution in [1.82, 2.24) is 10.2 Å². The van der Waals surface area contributed by atoms with Gasteiger partial charge in [0.1, 0.15) is 6.04 Å². The number of aryl methyl sites for hydroxylation is 1. The maximum absolute atomic E-state index is 13.8. The van der Waals surface area contributed by atoms with E-state index in [0.717, 1.165) is 27.5 Å². The minimum atomic E-state index is -0.691. The first kappa shape index (κ1) is 25.7. The lowest BCUT2D eigenvalue weighted by molar-refractivity contribution is -0.141. The molecule has 0 heterocycles. The van der Waals surface area contributed by atoms with E-state index in [4.69, 9.17) is 23.2 Å². The monoisotopic (exact) mass is 518 g/mol. The Hall–Kier alpha value is -3.34. The molecule has 2 amide bonds. The van der Waals surface area contributed by atoms with Gasteiger partial charge in [-0.2, -0.15) is 0 Å². The standard InChI is InChI=1S/C30H28Cl2N2O2/c1-33-30(36)28(18-21-8-3-2-4-9-21)34(20-24-14-16-25(31)19-27(24)32)29(35)17-15-23-12-7-11-22-10-5-6-13-26(22)23/h2-14,16,19,28H,15,17-18,20H2,1H3,(H,33,36)/t28-/m0/s1. The van der Waals surface area contributed by atoms with Crippen LogP contribution in [-0.4, -0.2) is 29.8 Å². The summed E-state index contributed by atoms with van der Waals surface area (Å²) in [5.74, 6) is -0.332. The first-order valence-electron chi connectivity index (χ1n) is 11.9. The zero-order valence-corrected chi connectivity index (χ0v) is 21.6. The van der Waals surface area contributed by atoms with E-state index in [0.29, 0.717) is 22.9 Å². The summed E-state index contributed by atoms with van der Waals surface area (Å²) in [6.45, 7) is 0.204. The van der Waals surface area contributed by atoms with E-state index in [-0.39, 0.29) is 24.8 Å². The van der Waals surface area contributed by atoms with Crippen LogP contribution < -0.4 is 5.32 Å². The molecule has 4 aromatic carbocycles. The summed E-state index contributed by atoms with van der Waals surface area (Å²) >= 11 is 12.6. The van der Waals surface area contributed by atoms with Gasteiger partial charge in [0, 0.05) is 36.5 Å². The fourth-order valence-electron chi connectivity index (χ4n) is 4.45. The number of benzene rings is 4. The fraction of sp³-hybridized carbons (Fsp3) is 0.200. The molecule has 0 aliphatic rings. The molecule has 0 aromatic heterocycles. The van der Waals surface area contributed by atoms with Crippen molar-refractivity contribution in [3.05, 3.63) is 118 Å². The van der Waals surface area contributed by atoms with Crippen molar-refractivity contribution >= 4 is 45.8 Å². The Morgan fingerprint density at radius 1 is 0.861 bits per heavy atom. The lowest BCUT2D eigenvalue weighted by Crippen LogP contribution is -2.49. The summed E-state index contributed by atoms with van der Waals surface area (Å²) in [4.78, 5) is 28.5. The van der Waals surface area contributed by atoms with E-state index < -0.39 is 6.04 Å². The Balaban J connectivity index is 1.64. The summed E-state index contributed by atoms with van der Waals surface area (Å²) in [5.41, 5.74) is 2.81. The highest BCUT2D eigenvalue weighted by Gasteiger charge is 2.30. The average Bonchev–Trinajstić information content (AvgIpc) is 2.90. The van der Waals surface area contributed by atoms with Crippen molar-refractivity contribution in [2.24, 2.45) is 0 Å². The molecule has 0 radical (unpaired) electrons. The largest absolute Gasteiger partial charge is 0.357 e. The molecule has 6 heteroatoms. The van der Waals surface area contributed by atoms with Crippen molar-refractivity contribution in [3.8, 4) is 0 Å². The van der Waals surface area contributed by atoms with Crippen LogP contribution in [0, 0.1) is 0 Å². The van der Waals surface area contributed by atoms with Gasteiger partial charge in [-0.25, -0.2) is 0 Å². The molecular weight excluding hydrogens is 491 g/mol. The number of hydrogen-bond donors (Lipinski definition) is 1. The lowest BCUT2D eigenvalue weighted by Gasteiger charge is -2.31. The Labute approximate surface area is 221 Å². The summed E-state index contributed by atoms with van der Waals surface area (Å²) in [7, 11) is 1.59. The minimum absolute atomic E-state index is 0.113. The van der Waals surface area contributed by atoms with Gasteiger partial charge < -0.3 is 10.2 Å². The molecule has 4 aromatic rings. The van der Waals surface area contributed by atoms with Gasteiger partial charge in [0.05, 0.1) is 0 Å². The van der Waals surface area contributed by atoms with E-state index in [1.165, 1.54) is 0 Å². The topological polar surface area (TPSA) is 49.4 Å². The van der Waals surface area contributed by atoms with Crippen LogP contribution in [0.4, 0.5) is 0 Å². The number of hydrogen-bond acceptors (Lipinski definition) is 2. The third-order valence-electron chi connectivity index (χ3n) is 6.36. The van der Waals surface area contributed by atoms with Crippen LogP contribution in [0.25, 0.3) is 10.8 Å². The second-order valence-corrected chi connectivity index (χ2v) is 9.56. The molecule has 1 N–H and O–H groups in total. The normalized spacial score (nSPS) is 11.8. The molecule has 0 fully saturated rings. The molecule has 0 bridgehead atoms. The average molecular weight is 519 g/mol. The van der Waals surface area contributed by atoms with E-state index in [9.17, 15) is 9.59 Å². The highest BCUT2D eigenvalue weighted by molar-refractivity contribution is 6.35.